The van der Waals surface area contributed by atoms with Crippen LogP contribution in [0.1, 0.15) is 41.6 Å². The summed E-state index contributed by atoms with van der Waals surface area (Å²) in [6.45, 7) is 3.17. The topological polar surface area (TPSA) is 50.4 Å². The van der Waals surface area contributed by atoms with E-state index in [2.05, 4.69) is 10.2 Å². The van der Waals surface area contributed by atoms with Crippen molar-refractivity contribution in [1.82, 2.24) is 14.8 Å². The molecule has 1 saturated carbocycles. The first-order valence-corrected chi connectivity index (χ1v) is 8.81. The summed E-state index contributed by atoms with van der Waals surface area (Å²) in [6.07, 6.45) is 12.1. The highest BCUT2D eigenvalue weighted by atomic mass is 16.3. The molecule has 4 rings (SSSR count). The van der Waals surface area contributed by atoms with Gasteiger partial charge in [0.1, 0.15) is 0 Å². The van der Waals surface area contributed by atoms with Crippen LogP contribution in [0.4, 0.5) is 0 Å². The van der Waals surface area contributed by atoms with E-state index < -0.39 is 0 Å². The predicted molar refractivity (Wildman–Crippen MR) is 91.6 cm³/mol. The maximum atomic E-state index is 12.4. The molecule has 128 valence electrons. The summed E-state index contributed by atoms with van der Waals surface area (Å²) in [5, 5.41) is 3.28. The van der Waals surface area contributed by atoms with Gasteiger partial charge in [0, 0.05) is 37.6 Å². The number of likely N-dealkylation sites (tertiary alicyclic amines) is 1. The van der Waals surface area contributed by atoms with E-state index in [4.69, 9.17) is 4.42 Å². The summed E-state index contributed by atoms with van der Waals surface area (Å²) < 4.78 is 7.07. The van der Waals surface area contributed by atoms with Crippen LogP contribution in [-0.4, -0.2) is 34.5 Å². The van der Waals surface area contributed by atoms with Crippen molar-refractivity contribution in [1.29, 1.82) is 0 Å². The number of carbonyl (C=O) groups excluding carboxylic acids is 1. The fraction of sp³-hybridized carbons (Fsp3) is 0.526. The Bertz CT molecular complexity index is 696. The van der Waals surface area contributed by atoms with Gasteiger partial charge in [-0.05, 0) is 56.3 Å². The van der Waals surface area contributed by atoms with Crippen LogP contribution in [0, 0.1) is 5.41 Å². The second kappa shape index (κ2) is 6.13. The van der Waals surface area contributed by atoms with Gasteiger partial charge in [-0.15, -0.1) is 0 Å². The molecule has 0 aromatic carbocycles. The normalized spacial score (nSPS) is 23.1. The highest BCUT2D eigenvalue weighted by molar-refractivity contribution is 5.94. The summed E-state index contributed by atoms with van der Waals surface area (Å²) in [7, 11) is 1.94. The van der Waals surface area contributed by atoms with Crippen LogP contribution >= 0.6 is 0 Å². The Kier molecular flexibility index (Phi) is 3.96. The molecule has 0 unspecified atom stereocenters. The molecule has 1 saturated heterocycles. The minimum atomic E-state index is 0.0699. The lowest BCUT2D eigenvalue weighted by Gasteiger charge is -2.54. The fourth-order valence-electron chi connectivity index (χ4n) is 4.20. The first kappa shape index (κ1) is 15.5. The molecule has 0 bridgehead atoms. The molecule has 2 aromatic heterocycles. The first-order valence-electron chi connectivity index (χ1n) is 8.81. The maximum Gasteiger partial charge on any atom is 0.253 e. The Morgan fingerprint density at radius 2 is 2.17 bits per heavy atom. The van der Waals surface area contributed by atoms with Gasteiger partial charge in [0.15, 0.2) is 0 Å². The lowest BCUT2D eigenvalue weighted by molar-refractivity contribution is -0.00713. The fourth-order valence-corrected chi connectivity index (χ4v) is 4.20. The van der Waals surface area contributed by atoms with Crippen LogP contribution < -0.4 is 5.32 Å². The van der Waals surface area contributed by atoms with Crippen molar-refractivity contribution in [3.05, 3.63) is 48.2 Å². The molecule has 1 spiro atoms. The van der Waals surface area contributed by atoms with E-state index in [0.29, 0.717) is 11.5 Å². The van der Waals surface area contributed by atoms with E-state index in [0.717, 1.165) is 31.6 Å². The molecule has 1 aliphatic carbocycles. The number of aromatic nitrogens is 1. The average molecular weight is 327 g/mol. The van der Waals surface area contributed by atoms with Crippen LogP contribution in [0.15, 0.2) is 41.5 Å². The predicted octanol–water partition coefficient (Wildman–Crippen LogP) is 2.79. The van der Waals surface area contributed by atoms with Crippen LogP contribution in [-0.2, 0) is 13.6 Å². The third-order valence-corrected chi connectivity index (χ3v) is 5.91. The number of nitrogens with one attached hydrogen (secondary N) is 1. The lowest BCUT2D eigenvalue weighted by atomic mass is 9.59. The number of carbonyl (C=O) groups is 1. The molecule has 2 fully saturated rings. The van der Waals surface area contributed by atoms with Crippen molar-refractivity contribution in [2.24, 2.45) is 12.5 Å². The van der Waals surface area contributed by atoms with Gasteiger partial charge in [0.25, 0.3) is 5.91 Å². The van der Waals surface area contributed by atoms with Gasteiger partial charge in [0.2, 0.25) is 0 Å². The minimum Gasteiger partial charge on any atom is -0.472 e. The molecule has 1 N–H and O–H groups in total. The molecule has 1 aliphatic heterocycles. The van der Waals surface area contributed by atoms with Gasteiger partial charge < -0.3 is 14.3 Å². The minimum absolute atomic E-state index is 0.0699. The Labute approximate surface area is 142 Å². The van der Waals surface area contributed by atoms with Crippen LogP contribution in [0.3, 0.4) is 0 Å². The molecular formula is C19H25N3O2. The number of piperidine rings is 1. The van der Waals surface area contributed by atoms with E-state index in [1.54, 1.807) is 6.26 Å². The summed E-state index contributed by atoms with van der Waals surface area (Å²) in [5.74, 6) is 0.0699. The highest BCUT2D eigenvalue weighted by Gasteiger charge is 2.48. The molecule has 5 nitrogen and oxygen atoms in total. The summed E-state index contributed by atoms with van der Waals surface area (Å²) in [4.78, 5) is 14.9. The molecule has 1 amide bonds. The molecule has 0 radical (unpaired) electrons. The van der Waals surface area contributed by atoms with Crippen LogP contribution in [0.25, 0.3) is 0 Å². The van der Waals surface area contributed by atoms with E-state index in [9.17, 15) is 4.79 Å². The van der Waals surface area contributed by atoms with Gasteiger partial charge in [-0.2, -0.15) is 0 Å². The average Bonchev–Trinajstić information content (AvgIpc) is 3.24. The lowest BCUT2D eigenvalue weighted by Crippen LogP contribution is -2.59. The van der Waals surface area contributed by atoms with Crippen LogP contribution in [0.2, 0.25) is 0 Å². The third-order valence-electron chi connectivity index (χ3n) is 5.91. The standard InChI is InChI=1S/C19H25N3O2/c1-21-8-3-16(13-21)18(23)20-17-2-5-19(17)6-9-22(10-7-19)12-15-4-11-24-14-15/h3-4,8,11,13-14,17H,2,5-7,9-10,12H2,1H3,(H,20,23)/t17-/m1/s1. The number of hydrogen-bond acceptors (Lipinski definition) is 3. The van der Waals surface area contributed by atoms with Crippen molar-refractivity contribution in [3.63, 3.8) is 0 Å². The smallest absolute Gasteiger partial charge is 0.253 e. The number of rotatable bonds is 4. The second-order valence-electron chi connectivity index (χ2n) is 7.40. The monoisotopic (exact) mass is 327 g/mol. The zero-order valence-corrected chi connectivity index (χ0v) is 14.2. The van der Waals surface area contributed by atoms with Gasteiger partial charge >= 0.3 is 0 Å². The Balaban J connectivity index is 1.32. The summed E-state index contributed by atoms with van der Waals surface area (Å²) >= 11 is 0. The number of nitrogens with zero attached hydrogens (tertiary/aromatic N) is 2. The Morgan fingerprint density at radius 1 is 1.33 bits per heavy atom. The zero-order chi connectivity index (χ0) is 16.6. The van der Waals surface area contributed by atoms with Gasteiger partial charge in [-0.3, -0.25) is 9.69 Å². The maximum absolute atomic E-state index is 12.4. The summed E-state index contributed by atoms with van der Waals surface area (Å²) in [6, 6.07) is 4.26. The largest absolute Gasteiger partial charge is 0.472 e. The van der Waals surface area contributed by atoms with E-state index in [-0.39, 0.29) is 5.91 Å². The number of furan rings is 1. The number of hydrogen-bond donors (Lipinski definition) is 1. The molecule has 3 heterocycles. The zero-order valence-electron chi connectivity index (χ0n) is 14.2. The van der Waals surface area contributed by atoms with Gasteiger partial charge in [-0.1, -0.05) is 0 Å². The van der Waals surface area contributed by atoms with Crippen molar-refractivity contribution in [3.8, 4) is 0 Å². The van der Waals surface area contributed by atoms with E-state index in [1.807, 2.05) is 42.4 Å². The van der Waals surface area contributed by atoms with Crippen LogP contribution in [0.5, 0.6) is 0 Å². The first-order chi connectivity index (χ1) is 11.6. The summed E-state index contributed by atoms with van der Waals surface area (Å²) in [5.41, 5.74) is 2.32. The second-order valence-corrected chi connectivity index (χ2v) is 7.40. The van der Waals surface area contributed by atoms with Crippen molar-refractivity contribution < 1.29 is 9.21 Å². The number of amides is 1. The third kappa shape index (κ3) is 2.88. The number of aryl methyl sites for hydroxylation is 1. The molecule has 1 atom stereocenters. The van der Waals surface area contributed by atoms with Crippen molar-refractivity contribution in [2.45, 2.75) is 38.3 Å². The van der Waals surface area contributed by atoms with Gasteiger partial charge in [0.05, 0.1) is 18.1 Å². The van der Waals surface area contributed by atoms with E-state index in [1.165, 1.54) is 24.8 Å². The van der Waals surface area contributed by atoms with Gasteiger partial charge in [-0.25, -0.2) is 0 Å². The highest BCUT2D eigenvalue weighted by Crippen LogP contribution is 2.49. The Morgan fingerprint density at radius 3 is 2.75 bits per heavy atom. The molecule has 2 aromatic rings. The SMILES string of the molecule is Cn1ccc(C(=O)N[C@@H]2CCC23CCN(Cc2ccoc2)CC3)c1. The molecule has 5 heteroatoms. The molecule has 2 aliphatic rings. The quantitative estimate of drug-likeness (QED) is 0.939. The Hall–Kier alpha value is -2.01. The van der Waals surface area contributed by atoms with E-state index >= 15 is 0 Å². The van der Waals surface area contributed by atoms with Crippen molar-refractivity contribution >= 4 is 5.91 Å². The molecular weight excluding hydrogens is 302 g/mol. The molecule has 24 heavy (non-hydrogen) atoms. The van der Waals surface area contributed by atoms with Crippen molar-refractivity contribution in [2.75, 3.05) is 13.1 Å².